The van der Waals surface area contributed by atoms with Gasteiger partial charge in [0.25, 0.3) is 5.91 Å². The predicted octanol–water partition coefficient (Wildman–Crippen LogP) is 4.57. The number of hydrogen-bond donors (Lipinski definition) is 1. The fraction of sp³-hybridized carbons (Fsp3) is 0.222. The molecule has 1 fully saturated rings. The number of amides is 2. The van der Waals surface area contributed by atoms with E-state index in [1.54, 1.807) is 29.2 Å². The Hall–Kier alpha value is -4.13. The molecule has 1 heterocycles. The Morgan fingerprint density at radius 2 is 1.56 bits per heavy atom. The van der Waals surface area contributed by atoms with Crippen molar-refractivity contribution in [1.29, 1.82) is 0 Å². The summed E-state index contributed by atoms with van der Waals surface area (Å²) in [4.78, 5) is 38.8. The van der Waals surface area contributed by atoms with Crippen molar-refractivity contribution in [3.05, 3.63) is 90.5 Å². The number of hydrogen-bond acceptors (Lipinski definition) is 5. The fourth-order valence-electron chi connectivity index (χ4n) is 3.86. The average Bonchev–Trinajstić information content (AvgIpc) is 3.26. The molecule has 7 nitrogen and oxygen atoms in total. The number of carbonyl (C=O) groups is 3. The van der Waals surface area contributed by atoms with E-state index < -0.39 is 24.4 Å². The monoisotopic (exact) mass is 458 g/mol. The van der Waals surface area contributed by atoms with E-state index in [0.717, 1.165) is 5.56 Å². The lowest BCUT2D eigenvalue weighted by molar-refractivity contribution is -0.151. The lowest BCUT2D eigenvalue weighted by Crippen LogP contribution is -2.30. The molecule has 0 saturated carbocycles. The molecule has 2 amide bonds. The summed E-state index contributed by atoms with van der Waals surface area (Å²) in [5, 5.41) is 2.69. The van der Waals surface area contributed by atoms with Gasteiger partial charge in [-0.05, 0) is 48.9 Å². The Labute approximate surface area is 198 Å². The second-order valence-corrected chi connectivity index (χ2v) is 8.13. The third kappa shape index (κ3) is 5.81. The maximum Gasteiger partial charge on any atom is 0.311 e. The van der Waals surface area contributed by atoms with E-state index in [4.69, 9.17) is 9.47 Å². The molecular formula is C27H26N2O5. The van der Waals surface area contributed by atoms with Crippen LogP contribution in [0.3, 0.4) is 0 Å². The zero-order valence-electron chi connectivity index (χ0n) is 18.8. The van der Waals surface area contributed by atoms with Crippen molar-refractivity contribution in [3.63, 3.8) is 0 Å². The van der Waals surface area contributed by atoms with Crippen molar-refractivity contribution in [2.45, 2.75) is 19.4 Å². The molecule has 0 spiro atoms. The van der Waals surface area contributed by atoms with Crippen LogP contribution in [-0.4, -0.2) is 35.8 Å². The fourth-order valence-corrected chi connectivity index (χ4v) is 3.86. The number of ether oxygens (including phenoxy) is 2. The van der Waals surface area contributed by atoms with E-state index in [0.29, 0.717) is 17.2 Å². The van der Waals surface area contributed by atoms with Crippen molar-refractivity contribution in [3.8, 4) is 11.5 Å². The molecule has 174 valence electrons. The Morgan fingerprint density at radius 3 is 2.24 bits per heavy atom. The van der Waals surface area contributed by atoms with Crippen molar-refractivity contribution < 1.29 is 23.9 Å². The van der Waals surface area contributed by atoms with Gasteiger partial charge >= 0.3 is 5.97 Å². The molecule has 1 aliphatic rings. The molecule has 3 aromatic rings. The van der Waals surface area contributed by atoms with Crippen LogP contribution in [0.25, 0.3) is 0 Å². The first-order valence-electron chi connectivity index (χ1n) is 11.1. The summed E-state index contributed by atoms with van der Waals surface area (Å²) >= 11 is 0. The minimum atomic E-state index is -0.583. The number of rotatable bonds is 8. The highest BCUT2D eigenvalue weighted by Crippen LogP contribution is 2.29. The summed E-state index contributed by atoms with van der Waals surface area (Å²) < 4.78 is 10.9. The molecule has 0 aliphatic carbocycles. The Kier molecular flexibility index (Phi) is 7.22. The molecule has 0 unspecified atom stereocenters. The molecule has 4 rings (SSSR count). The van der Waals surface area contributed by atoms with Gasteiger partial charge in [-0.25, -0.2) is 0 Å². The zero-order valence-corrected chi connectivity index (χ0v) is 18.8. The van der Waals surface area contributed by atoms with Gasteiger partial charge in [-0.2, -0.15) is 0 Å². The topological polar surface area (TPSA) is 84.9 Å². The first-order chi connectivity index (χ1) is 16.5. The highest BCUT2D eigenvalue weighted by Gasteiger charge is 2.38. The molecule has 2 atom stereocenters. The number of carbonyl (C=O) groups excluding carboxylic acids is 3. The van der Waals surface area contributed by atoms with E-state index in [1.165, 1.54) is 0 Å². The highest BCUT2D eigenvalue weighted by molar-refractivity contribution is 5.93. The van der Waals surface area contributed by atoms with Crippen molar-refractivity contribution in [2.75, 3.05) is 18.5 Å². The van der Waals surface area contributed by atoms with Gasteiger partial charge < -0.3 is 19.7 Å². The van der Waals surface area contributed by atoms with Crippen LogP contribution in [0.2, 0.25) is 0 Å². The first-order valence-corrected chi connectivity index (χ1v) is 11.1. The van der Waals surface area contributed by atoms with Crippen LogP contribution in [0.5, 0.6) is 11.5 Å². The number of anilines is 1. The summed E-state index contributed by atoms with van der Waals surface area (Å²) in [6.45, 7) is 1.79. The smallest absolute Gasteiger partial charge is 0.311 e. The molecule has 1 aliphatic heterocycles. The van der Waals surface area contributed by atoms with Gasteiger partial charge in [0, 0.05) is 18.7 Å². The molecule has 1 N–H and O–H groups in total. The number of likely N-dealkylation sites (tertiary alicyclic amines) is 1. The van der Waals surface area contributed by atoms with E-state index in [1.807, 2.05) is 67.6 Å². The Morgan fingerprint density at radius 1 is 0.941 bits per heavy atom. The molecule has 0 bridgehead atoms. The van der Waals surface area contributed by atoms with Crippen LogP contribution >= 0.6 is 0 Å². The van der Waals surface area contributed by atoms with E-state index in [9.17, 15) is 14.4 Å². The van der Waals surface area contributed by atoms with Crippen LogP contribution in [0.4, 0.5) is 5.69 Å². The summed E-state index contributed by atoms with van der Waals surface area (Å²) in [5.74, 6) is -0.327. The van der Waals surface area contributed by atoms with E-state index >= 15 is 0 Å². The summed E-state index contributed by atoms with van der Waals surface area (Å²) in [6, 6.07) is 25.8. The quantitative estimate of drug-likeness (QED) is 0.500. The largest absolute Gasteiger partial charge is 0.457 e. The SMILES string of the molecule is C[C@H](c1ccccc1)N1C[C@@H](C(=O)OCC(=O)Nc2ccc(Oc3ccccc3)cc2)CC1=O. The summed E-state index contributed by atoms with van der Waals surface area (Å²) in [7, 11) is 0. The van der Waals surface area contributed by atoms with Gasteiger partial charge in [0.15, 0.2) is 6.61 Å². The molecule has 1 saturated heterocycles. The van der Waals surface area contributed by atoms with Crippen LogP contribution in [-0.2, 0) is 19.1 Å². The number of nitrogens with zero attached hydrogens (tertiary/aromatic N) is 1. The van der Waals surface area contributed by atoms with Crippen LogP contribution in [0.15, 0.2) is 84.9 Å². The van der Waals surface area contributed by atoms with E-state index in [2.05, 4.69) is 5.32 Å². The average molecular weight is 459 g/mol. The highest BCUT2D eigenvalue weighted by atomic mass is 16.5. The third-order valence-electron chi connectivity index (χ3n) is 5.70. The van der Waals surface area contributed by atoms with Gasteiger partial charge in [0.05, 0.1) is 12.0 Å². The van der Waals surface area contributed by atoms with Crippen LogP contribution in [0, 0.1) is 5.92 Å². The third-order valence-corrected chi connectivity index (χ3v) is 5.70. The maximum atomic E-state index is 12.5. The molecule has 7 heteroatoms. The summed E-state index contributed by atoms with van der Waals surface area (Å²) in [6.07, 6.45) is 0.0838. The molecular weight excluding hydrogens is 432 g/mol. The van der Waals surface area contributed by atoms with Gasteiger partial charge in [-0.15, -0.1) is 0 Å². The van der Waals surface area contributed by atoms with Crippen LogP contribution in [0.1, 0.15) is 24.9 Å². The number of esters is 1. The predicted molar refractivity (Wildman–Crippen MR) is 127 cm³/mol. The van der Waals surface area contributed by atoms with Crippen molar-refractivity contribution >= 4 is 23.5 Å². The number of nitrogens with one attached hydrogen (secondary N) is 1. The summed E-state index contributed by atoms with van der Waals surface area (Å²) in [5.41, 5.74) is 1.56. The van der Waals surface area contributed by atoms with E-state index in [-0.39, 0.29) is 24.9 Å². The van der Waals surface area contributed by atoms with Gasteiger partial charge in [-0.1, -0.05) is 48.5 Å². The minimum absolute atomic E-state index is 0.0838. The first kappa shape index (κ1) is 23.0. The van der Waals surface area contributed by atoms with Crippen molar-refractivity contribution in [1.82, 2.24) is 4.90 Å². The van der Waals surface area contributed by atoms with Crippen LogP contribution < -0.4 is 10.1 Å². The second kappa shape index (κ2) is 10.7. The molecule has 3 aromatic carbocycles. The number of benzene rings is 3. The molecule has 0 radical (unpaired) electrons. The Bertz CT molecular complexity index is 1130. The molecule has 0 aromatic heterocycles. The molecule has 34 heavy (non-hydrogen) atoms. The number of para-hydroxylation sites is 1. The van der Waals surface area contributed by atoms with Gasteiger partial charge in [0.2, 0.25) is 5.91 Å². The minimum Gasteiger partial charge on any atom is -0.457 e. The second-order valence-electron chi connectivity index (χ2n) is 8.13. The Balaban J connectivity index is 1.24. The maximum absolute atomic E-state index is 12.5. The lowest BCUT2D eigenvalue weighted by atomic mass is 10.1. The standard InChI is InChI=1S/C27H26N2O5/c1-19(20-8-4-2-5-9-20)29-17-21(16-26(29)31)27(32)33-18-25(30)28-22-12-14-24(15-13-22)34-23-10-6-3-7-11-23/h2-15,19,21H,16-18H2,1H3,(H,28,30)/t19-,21+/m1/s1. The zero-order chi connectivity index (χ0) is 23.9. The lowest BCUT2D eigenvalue weighted by Gasteiger charge is -2.25. The van der Waals surface area contributed by atoms with Crippen molar-refractivity contribution in [2.24, 2.45) is 5.92 Å². The van der Waals surface area contributed by atoms with Gasteiger partial charge in [0.1, 0.15) is 11.5 Å². The normalized spacial score (nSPS) is 16.1. The van der Waals surface area contributed by atoms with Gasteiger partial charge in [-0.3, -0.25) is 14.4 Å².